The van der Waals surface area contributed by atoms with Crippen LogP contribution < -0.4 is 0 Å². The molecule has 2 N–H and O–H groups in total. The second-order valence-electron chi connectivity index (χ2n) is 4.58. The van der Waals surface area contributed by atoms with Crippen LogP contribution in [0.1, 0.15) is 24.0 Å². The molecule has 2 rings (SSSR count). The molecule has 0 saturated carbocycles. The summed E-state index contributed by atoms with van der Waals surface area (Å²) in [6.45, 7) is 3.99. The van der Waals surface area contributed by atoms with Crippen LogP contribution in [0.3, 0.4) is 0 Å². The lowest BCUT2D eigenvalue weighted by Gasteiger charge is -2.23. The molecule has 88 valence electrons. The molecule has 1 aliphatic rings. The zero-order valence-corrected chi connectivity index (χ0v) is 9.69. The van der Waals surface area contributed by atoms with Crippen molar-refractivity contribution < 1.29 is 10.2 Å². The first-order chi connectivity index (χ1) is 7.70. The predicted molar refractivity (Wildman–Crippen MR) is 63.4 cm³/mol. The van der Waals surface area contributed by atoms with Crippen molar-refractivity contribution in [2.75, 3.05) is 13.2 Å². The maximum Gasteiger partial charge on any atom is 0.120 e. The summed E-state index contributed by atoms with van der Waals surface area (Å²) in [7, 11) is 0. The lowest BCUT2D eigenvalue weighted by molar-refractivity contribution is 0.152. The molecule has 1 heterocycles. The van der Waals surface area contributed by atoms with E-state index in [1.54, 1.807) is 6.07 Å². The molecule has 3 heteroatoms. The zero-order chi connectivity index (χ0) is 11.5. The van der Waals surface area contributed by atoms with Gasteiger partial charge in [0.1, 0.15) is 5.75 Å². The molecule has 1 fully saturated rings. The van der Waals surface area contributed by atoms with Crippen LogP contribution >= 0.6 is 0 Å². The van der Waals surface area contributed by atoms with Gasteiger partial charge in [-0.25, -0.2) is 0 Å². The van der Waals surface area contributed by atoms with Crippen LogP contribution in [0.5, 0.6) is 5.75 Å². The number of rotatable bonds is 3. The van der Waals surface area contributed by atoms with E-state index in [2.05, 4.69) is 4.90 Å². The Balaban J connectivity index is 2.11. The molecule has 1 atom stereocenters. The maximum absolute atomic E-state index is 9.77. The molecule has 0 bridgehead atoms. The largest absolute Gasteiger partial charge is 0.508 e. The summed E-state index contributed by atoms with van der Waals surface area (Å²) in [5.41, 5.74) is 2.12. The Morgan fingerprint density at radius 3 is 3.00 bits per heavy atom. The Morgan fingerprint density at radius 1 is 1.44 bits per heavy atom. The van der Waals surface area contributed by atoms with Crippen molar-refractivity contribution in [1.82, 2.24) is 4.90 Å². The van der Waals surface area contributed by atoms with E-state index in [0.717, 1.165) is 37.1 Å². The standard InChI is InChI=1S/C13H19NO2/c1-10-4-5-13(16)11(7-10)8-14-6-2-3-12(14)9-15/h4-5,7,12,15-16H,2-3,6,8-9H2,1H3/t12-/m1/s1. The molecule has 3 nitrogen and oxygen atoms in total. The number of likely N-dealkylation sites (tertiary alicyclic amines) is 1. The predicted octanol–water partition coefficient (Wildman–Crippen LogP) is 1.66. The number of benzene rings is 1. The van der Waals surface area contributed by atoms with Gasteiger partial charge in [-0.15, -0.1) is 0 Å². The van der Waals surface area contributed by atoms with E-state index in [9.17, 15) is 10.2 Å². The van der Waals surface area contributed by atoms with Crippen LogP contribution in [-0.4, -0.2) is 34.3 Å². The van der Waals surface area contributed by atoms with E-state index in [1.807, 2.05) is 19.1 Å². The minimum atomic E-state index is 0.215. The van der Waals surface area contributed by atoms with Crippen molar-refractivity contribution in [3.05, 3.63) is 29.3 Å². The molecular formula is C13H19NO2. The van der Waals surface area contributed by atoms with E-state index >= 15 is 0 Å². The number of aryl methyl sites for hydroxylation is 1. The monoisotopic (exact) mass is 221 g/mol. The van der Waals surface area contributed by atoms with Gasteiger partial charge in [0.25, 0.3) is 0 Å². The number of aliphatic hydroxyl groups excluding tert-OH is 1. The molecule has 1 aliphatic heterocycles. The summed E-state index contributed by atoms with van der Waals surface area (Å²) < 4.78 is 0. The average molecular weight is 221 g/mol. The minimum absolute atomic E-state index is 0.215. The Morgan fingerprint density at radius 2 is 2.25 bits per heavy atom. The van der Waals surface area contributed by atoms with E-state index in [4.69, 9.17) is 0 Å². The number of nitrogens with zero attached hydrogens (tertiary/aromatic N) is 1. The number of hydrogen-bond donors (Lipinski definition) is 2. The van der Waals surface area contributed by atoms with Crippen LogP contribution in [-0.2, 0) is 6.54 Å². The average Bonchev–Trinajstić information content (AvgIpc) is 2.71. The highest BCUT2D eigenvalue weighted by Gasteiger charge is 2.24. The Hall–Kier alpha value is -1.06. The fourth-order valence-electron chi connectivity index (χ4n) is 2.37. The highest BCUT2D eigenvalue weighted by atomic mass is 16.3. The number of aliphatic hydroxyl groups is 1. The second kappa shape index (κ2) is 4.85. The molecule has 16 heavy (non-hydrogen) atoms. The Labute approximate surface area is 96.3 Å². The lowest BCUT2D eigenvalue weighted by Crippen LogP contribution is -2.31. The molecule has 0 amide bonds. The van der Waals surface area contributed by atoms with Gasteiger partial charge in [-0.05, 0) is 32.4 Å². The van der Waals surface area contributed by atoms with Gasteiger partial charge in [0.05, 0.1) is 6.61 Å². The molecule has 1 saturated heterocycles. The number of aromatic hydroxyl groups is 1. The normalized spacial score (nSPS) is 21.5. The lowest BCUT2D eigenvalue weighted by atomic mass is 10.1. The molecule has 0 radical (unpaired) electrons. The van der Waals surface area contributed by atoms with Crippen molar-refractivity contribution in [3.63, 3.8) is 0 Å². The Bertz CT molecular complexity index is 365. The zero-order valence-electron chi connectivity index (χ0n) is 9.69. The van der Waals surface area contributed by atoms with Crippen molar-refractivity contribution >= 4 is 0 Å². The third-order valence-electron chi connectivity index (χ3n) is 3.32. The molecule has 0 aliphatic carbocycles. The smallest absolute Gasteiger partial charge is 0.120 e. The van der Waals surface area contributed by atoms with Crippen molar-refractivity contribution in [3.8, 4) is 5.75 Å². The summed E-state index contributed by atoms with van der Waals surface area (Å²) in [6.07, 6.45) is 2.20. The molecule has 1 aromatic carbocycles. The second-order valence-corrected chi connectivity index (χ2v) is 4.58. The SMILES string of the molecule is Cc1ccc(O)c(CN2CCC[C@@H]2CO)c1. The first-order valence-electron chi connectivity index (χ1n) is 5.84. The van der Waals surface area contributed by atoms with Crippen LogP contribution in [0, 0.1) is 6.92 Å². The van der Waals surface area contributed by atoms with E-state index in [1.165, 1.54) is 0 Å². The third kappa shape index (κ3) is 2.36. The fourth-order valence-corrected chi connectivity index (χ4v) is 2.37. The Kier molecular flexibility index (Phi) is 3.46. The van der Waals surface area contributed by atoms with Gasteiger partial charge in [-0.3, -0.25) is 4.90 Å². The van der Waals surface area contributed by atoms with Gasteiger partial charge in [-0.1, -0.05) is 17.7 Å². The quantitative estimate of drug-likeness (QED) is 0.815. The first-order valence-corrected chi connectivity index (χ1v) is 5.84. The van der Waals surface area contributed by atoms with Crippen LogP contribution in [0.2, 0.25) is 0 Å². The van der Waals surface area contributed by atoms with E-state index in [0.29, 0.717) is 5.75 Å². The number of hydrogen-bond acceptors (Lipinski definition) is 3. The van der Waals surface area contributed by atoms with Gasteiger partial charge >= 0.3 is 0 Å². The summed E-state index contributed by atoms with van der Waals surface area (Å²) in [4.78, 5) is 2.24. The summed E-state index contributed by atoms with van der Waals surface area (Å²) >= 11 is 0. The van der Waals surface area contributed by atoms with Gasteiger partial charge in [0.2, 0.25) is 0 Å². The van der Waals surface area contributed by atoms with Gasteiger partial charge < -0.3 is 10.2 Å². The van der Waals surface area contributed by atoms with Crippen molar-refractivity contribution in [2.24, 2.45) is 0 Å². The highest BCUT2D eigenvalue weighted by molar-refractivity contribution is 5.35. The van der Waals surface area contributed by atoms with Crippen molar-refractivity contribution in [2.45, 2.75) is 32.4 Å². The number of phenolic OH excluding ortho intramolecular Hbond substituents is 1. The summed E-state index contributed by atoms with van der Waals surface area (Å²) in [5.74, 6) is 0.356. The number of phenols is 1. The third-order valence-corrected chi connectivity index (χ3v) is 3.32. The van der Waals surface area contributed by atoms with Crippen LogP contribution in [0.15, 0.2) is 18.2 Å². The molecule has 0 spiro atoms. The molecule has 1 aromatic rings. The molecule has 0 aromatic heterocycles. The highest BCUT2D eigenvalue weighted by Crippen LogP contribution is 2.24. The maximum atomic E-state index is 9.77. The van der Waals surface area contributed by atoms with Gasteiger partial charge in [-0.2, -0.15) is 0 Å². The minimum Gasteiger partial charge on any atom is -0.508 e. The molecule has 0 unspecified atom stereocenters. The van der Waals surface area contributed by atoms with Crippen LogP contribution in [0.25, 0.3) is 0 Å². The fraction of sp³-hybridized carbons (Fsp3) is 0.538. The van der Waals surface area contributed by atoms with Gasteiger partial charge in [0.15, 0.2) is 0 Å². The van der Waals surface area contributed by atoms with E-state index < -0.39 is 0 Å². The molecular weight excluding hydrogens is 202 g/mol. The van der Waals surface area contributed by atoms with Crippen LogP contribution in [0.4, 0.5) is 0 Å². The summed E-state index contributed by atoms with van der Waals surface area (Å²) in [5, 5.41) is 19.0. The van der Waals surface area contributed by atoms with E-state index in [-0.39, 0.29) is 12.6 Å². The first kappa shape index (κ1) is 11.4. The van der Waals surface area contributed by atoms with Crippen molar-refractivity contribution in [1.29, 1.82) is 0 Å². The summed E-state index contributed by atoms with van der Waals surface area (Å²) in [6, 6.07) is 5.93. The van der Waals surface area contributed by atoms with Gasteiger partial charge in [0, 0.05) is 18.2 Å². The topological polar surface area (TPSA) is 43.7 Å².